The second kappa shape index (κ2) is 15.0. The van der Waals surface area contributed by atoms with Crippen LogP contribution in [-0.2, 0) is 0 Å². The average Bonchev–Trinajstić information content (AvgIpc) is 2.34. The number of rotatable bonds is 14. The predicted molar refractivity (Wildman–Crippen MR) is 84.2 cm³/mol. The molecule has 0 amide bonds. The molecule has 0 aromatic heterocycles. The Hall–Kier alpha value is -0.0400. The highest BCUT2D eigenvalue weighted by atomic mass is 14.8. The van der Waals surface area contributed by atoms with E-state index in [2.05, 4.69) is 26.1 Å². The summed E-state index contributed by atoms with van der Waals surface area (Å²) in [7, 11) is 0. The lowest BCUT2D eigenvalue weighted by atomic mass is 10.1. The van der Waals surface area contributed by atoms with Gasteiger partial charge < -0.3 is 5.32 Å². The summed E-state index contributed by atoms with van der Waals surface area (Å²) in [4.78, 5) is 0. The van der Waals surface area contributed by atoms with E-state index in [1.165, 1.54) is 83.7 Å². The van der Waals surface area contributed by atoms with E-state index >= 15 is 0 Å². The van der Waals surface area contributed by atoms with Crippen molar-refractivity contribution in [2.45, 2.75) is 91.4 Å². The zero-order chi connectivity index (χ0) is 13.5. The molecule has 0 bridgehead atoms. The van der Waals surface area contributed by atoms with Gasteiger partial charge in [-0.15, -0.1) is 0 Å². The van der Waals surface area contributed by atoms with Crippen LogP contribution in [0.15, 0.2) is 0 Å². The predicted octanol–water partition coefficient (Wildman–Crippen LogP) is 5.54. The van der Waals surface area contributed by atoms with Gasteiger partial charge in [0.05, 0.1) is 0 Å². The fourth-order valence-corrected chi connectivity index (χ4v) is 2.31. The standard InChI is InChI=1S/C17H37N/c1-4-5-6-7-8-9-12-15-18-16-13-10-11-14-17(2)3/h17-18H,4-16H2,1-3H3. The van der Waals surface area contributed by atoms with Crippen LogP contribution in [0, 0.1) is 5.92 Å². The smallest absolute Gasteiger partial charge is 0.00489 e. The molecule has 0 aliphatic carbocycles. The van der Waals surface area contributed by atoms with Crippen molar-refractivity contribution >= 4 is 0 Å². The molecule has 0 radical (unpaired) electrons. The van der Waals surface area contributed by atoms with Crippen molar-refractivity contribution in [1.82, 2.24) is 5.32 Å². The third-order valence-electron chi connectivity index (χ3n) is 3.59. The molecule has 0 fully saturated rings. The molecule has 0 atom stereocenters. The summed E-state index contributed by atoms with van der Waals surface area (Å²) in [6.45, 7) is 9.38. The van der Waals surface area contributed by atoms with Crippen LogP contribution in [0.1, 0.15) is 91.4 Å². The summed E-state index contributed by atoms with van der Waals surface area (Å²) in [6.07, 6.45) is 15.5. The van der Waals surface area contributed by atoms with Crippen molar-refractivity contribution in [1.29, 1.82) is 0 Å². The average molecular weight is 255 g/mol. The second-order valence-electron chi connectivity index (χ2n) is 6.11. The van der Waals surface area contributed by atoms with Gasteiger partial charge >= 0.3 is 0 Å². The first kappa shape index (κ1) is 18.0. The van der Waals surface area contributed by atoms with Crippen molar-refractivity contribution in [3.8, 4) is 0 Å². The molecule has 0 heterocycles. The summed E-state index contributed by atoms with van der Waals surface area (Å²) < 4.78 is 0. The van der Waals surface area contributed by atoms with Crippen molar-refractivity contribution in [2.75, 3.05) is 13.1 Å². The minimum absolute atomic E-state index is 0.880. The van der Waals surface area contributed by atoms with Crippen LogP contribution in [0.4, 0.5) is 0 Å². The Balaban J connectivity index is 2.90. The number of nitrogens with one attached hydrogen (secondary N) is 1. The van der Waals surface area contributed by atoms with E-state index in [-0.39, 0.29) is 0 Å². The van der Waals surface area contributed by atoms with Gasteiger partial charge in [-0.05, 0) is 31.8 Å². The number of hydrogen-bond donors (Lipinski definition) is 1. The first-order valence-electron chi connectivity index (χ1n) is 8.48. The zero-order valence-electron chi connectivity index (χ0n) is 13.3. The minimum Gasteiger partial charge on any atom is -0.317 e. The monoisotopic (exact) mass is 255 g/mol. The maximum Gasteiger partial charge on any atom is -0.00489 e. The topological polar surface area (TPSA) is 12.0 Å². The highest BCUT2D eigenvalue weighted by molar-refractivity contribution is 4.52. The Labute approximate surface area is 116 Å². The molecular formula is C17H37N. The molecular weight excluding hydrogens is 218 g/mol. The number of hydrogen-bond acceptors (Lipinski definition) is 1. The lowest BCUT2D eigenvalue weighted by molar-refractivity contribution is 0.509. The van der Waals surface area contributed by atoms with Crippen LogP contribution in [0.2, 0.25) is 0 Å². The molecule has 0 spiro atoms. The molecule has 18 heavy (non-hydrogen) atoms. The molecule has 0 unspecified atom stereocenters. The quantitative estimate of drug-likeness (QED) is 0.402. The Morgan fingerprint density at radius 3 is 1.72 bits per heavy atom. The summed E-state index contributed by atoms with van der Waals surface area (Å²) in [5, 5.41) is 3.58. The number of unbranched alkanes of at least 4 members (excludes halogenated alkanes) is 8. The lowest BCUT2D eigenvalue weighted by Gasteiger charge is -2.06. The largest absolute Gasteiger partial charge is 0.317 e. The van der Waals surface area contributed by atoms with Gasteiger partial charge in [-0.2, -0.15) is 0 Å². The second-order valence-corrected chi connectivity index (χ2v) is 6.11. The van der Waals surface area contributed by atoms with Gasteiger partial charge in [-0.25, -0.2) is 0 Å². The molecule has 0 aromatic carbocycles. The van der Waals surface area contributed by atoms with E-state index in [9.17, 15) is 0 Å². The summed E-state index contributed by atoms with van der Waals surface area (Å²) >= 11 is 0. The van der Waals surface area contributed by atoms with Crippen molar-refractivity contribution < 1.29 is 0 Å². The van der Waals surface area contributed by atoms with Crippen LogP contribution < -0.4 is 5.32 Å². The van der Waals surface area contributed by atoms with Crippen LogP contribution >= 0.6 is 0 Å². The van der Waals surface area contributed by atoms with Gasteiger partial charge in [-0.3, -0.25) is 0 Å². The Bertz CT molecular complexity index is 143. The van der Waals surface area contributed by atoms with E-state index in [1.807, 2.05) is 0 Å². The van der Waals surface area contributed by atoms with Crippen LogP contribution in [0.3, 0.4) is 0 Å². The van der Waals surface area contributed by atoms with E-state index in [1.54, 1.807) is 0 Å². The third kappa shape index (κ3) is 16.0. The van der Waals surface area contributed by atoms with Crippen LogP contribution in [0.5, 0.6) is 0 Å². The summed E-state index contributed by atoms with van der Waals surface area (Å²) in [5.74, 6) is 0.880. The van der Waals surface area contributed by atoms with E-state index in [4.69, 9.17) is 0 Å². The molecule has 1 N–H and O–H groups in total. The first-order chi connectivity index (χ1) is 8.77. The SMILES string of the molecule is CCCCCCCCCNCCCCCC(C)C. The van der Waals surface area contributed by atoms with Crippen molar-refractivity contribution in [3.63, 3.8) is 0 Å². The van der Waals surface area contributed by atoms with Crippen LogP contribution in [0.25, 0.3) is 0 Å². The fraction of sp³-hybridized carbons (Fsp3) is 1.00. The molecule has 1 heteroatoms. The first-order valence-corrected chi connectivity index (χ1v) is 8.48. The molecule has 0 saturated carbocycles. The van der Waals surface area contributed by atoms with E-state index in [0.29, 0.717) is 0 Å². The van der Waals surface area contributed by atoms with Crippen LogP contribution in [-0.4, -0.2) is 13.1 Å². The normalized spacial score (nSPS) is 11.3. The fourth-order valence-electron chi connectivity index (χ4n) is 2.31. The Kier molecular flexibility index (Phi) is 15.0. The minimum atomic E-state index is 0.880. The molecule has 0 aliphatic rings. The summed E-state index contributed by atoms with van der Waals surface area (Å²) in [6, 6.07) is 0. The lowest BCUT2D eigenvalue weighted by Crippen LogP contribution is -2.16. The summed E-state index contributed by atoms with van der Waals surface area (Å²) in [5.41, 5.74) is 0. The Morgan fingerprint density at radius 1 is 0.667 bits per heavy atom. The molecule has 0 rings (SSSR count). The van der Waals surface area contributed by atoms with E-state index < -0.39 is 0 Å². The van der Waals surface area contributed by atoms with Gasteiger partial charge in [-0.1, -0.05) is 78.6 Å². The van der Waals surface area contributed by atoms with Gasteiger partial charge in [0.25, 0.3) is 0 Å². The van der Waals surface area contributed by atoms with Gasteiger partial charge in [0.1, 0.15) is 0 Å². The highest BCUT2D eigenvalue weighted by Gasteiger charge is 1.94. The maximum absolute atomic E-state index is 3.58. The van der Waals surface area contributed by atoms with Crippen molar-refractivity contribution in [2.24, 2.45) is 5.92 Å². The molecule has 0 saturated heterocycles. The molecule has 1 nitrogen and oxygen atoms in total. The molecule has 0 aliphatic heterocycles. The Morgan fingerprint density at radius 2 is 1.17 bits per heavy atom. The maximum atomic E-state index is 3.58. The highest BCUT2D eigenvalue weighted by Crippen LogP contribution is 2.08. The van der Waals surface area contributed by atoms with Crippen molar-refractivity contribution in [3.05, 3.63) is 0 Å². The van der Waals surface area contributed by atoms with E-state index in [0.717, 1.165) is 5.92 Å². The van der Waals surface area contributed by atoms with Gasteiger partial charge in [0.15, 0.2) is 0 Å². The molecule has 110 valence electrons. The van der Waals surface area contributed by atoms with Gasteiger partial charge in [0.2, 0.25) is 0 Å². The zero-order valence-corrected chi connectivity index (χ0v) is 13.3. The van der Waals surface area contributed by atoms with Gasteiger partial charge in [0, 0.05) is 0 Å². The molecule has 0 aromatic rings. The third-order valence-corrected chi connectivity index (χ3v) is 3.59.